The fourth-order valence-electron chi connectivity index (χ4n) is 4.30. The van der Waals surface area contributed by atoms with Crippen molar-refractivity contribution in [3.8, 4) is 5.69 Å². The zero-order valence-electron chi connectivity index (χ0n) is 16.5. The number of nitrogens with zero attached hydrogens (tertiary/aromatic N) is 3. The summed E-state index contributed by atoms with van der Waals surface area (Å²) in [6, 6.07) is 9.35. The van der Waals surface area contributed by atoms with Gasteiger partial charge in [-0.05, 0) is 49.9 Å². The number of nitrogens with one attached hydrogen (secondary N) is 1. The maximum atomic E-state index is 13.0. The van der Waals surface area contributed by atoms with Gasteiger partial charge in [0.25, 0.3) is 5.91 Å². The smallest absolute Gasteiger partial charge is 0.274 e. The van der Waals surface area contributed by atoms with E-state index in [9.17, 15) is 9.59 Å². The molecule has 2 aliphatic rings. The average molecular weight is 415 g/mol. The van der Waals surface area contributed by atoms with Crippen LogP contribution in [0.1, 0.15) is 55.4 Å². The number of aromatic nitrogens is 2. The molecule has 0 radical (unpaired) electrons. The van der Waals surface area contributed by atoms with Crippen molar-refractivity contribution in [1.82, 2.24) is 20.0 Å². The summed E-state index contributed by atoms with van der Waals surface area (Å²) >= 11 is 6.05. The second-order valence-electron chi connectivity index (χ2n) is 8.06. The minimum atomic E-state index is -0.135. The van der Waals surface area contributed by atoms with Gasteiger partial charge in [-0.3, -0.25) is 9.59 Å². The minimum Gasteiger partial charge on any atom is -0.353 e. The van der Waals surface area contributed by atoms with Gasteiger partial charge in [-0.1, -0.05) is 36.9 Å². The van der Waals surface area contributed by atoms with Gasteiger partial charge in [-0.25, -0.2) is 4.68 Å². The lowest BCUT2D eigenvalue weighted by atomic mass is 9.93. The van der Waals surface area contributed by atoms with Gasteiger partial charge < -0.3 is 10.2 Å². The molecule has 1 aromatic heterocycles. The summed E-state index contributed by atoms with van der Waals surface area (Å²) in [5.41, 5.74) is 1.19. The molecule has 1 aliphatic heterocycles. The second kappa shape index (κ2) is 8.99. The molecule has 2 amide bonds. The van der Waals surface area contributed by atoms with Crippen LogP contribution in [-0.4, -0.2) is 45.6 Å². The number of halogens is 1. The fraction of sp³-hybridized carbons (Fsp3) is 0.500. The van der Waals surface area contributed by atoms with Crippen molar-refractivity contribution < 1.29 is 9.59 Å². The van der Waals surface area contributed by atoms with Gasteiger partial charge in [0.05, 0.1) is 11.6 Å². The summed E-state index contributed by atoms with van der Waals surface area (Å²) in [7, 11) is 0. The van der Waals surface area contributed by atoms with Gasteiger partial charge >= 0.3 is 0 Å². The molecule has 1 aromatic carbocycles. The Kier molecular flexibility index (Phi) is 6.19. The third-order valence-electron chi connectivity index (χ3n) is 5.91. The number of piperidine rings is 1. The van der Waals surface area contributed by atoms with Crippen LogP contribution in [0.4, 0.5) is 0 Å². The molecule has 2 heterocycles. The van der Waals surface area contributed by atoms with Crippen LogP contribution >= 0.6 is 11.6 Å². The third-order valence-corrected chi connectivity index (χ3v) is 6.15. The van der Waals surface area contributed by atoms with Crippen molar-refractivity contribution in [2.45, 2.75) is 51.0 Å². The Morgan fingerprint density at radius 1 is 1.07 bits per heavy atom. The molecule has 1 N–H and O–H groups in total. The van der Waals surface area contributed by atoms with Crippen LogP contribution in [0.5, 0.6) is 0 Å². The number of hydrogen-bond donors (Lipinski definition) is 1. The van der Waals surface area contributed by atoms with E-state index in [1.165, 1.54) is 19.3 Å². The Hall–Kier alpha value is -2.34. The van der Waals surface area contributed by atoms with Crippen molar-refractivity contribution in [3.05, 3.63) is 47.2 Å². The highest BCUT2D eigenvalue weighted by Crippen LogP contribution is 2.22. The molecule has 7 heteroatoms. The first-order valence-electron chi connectivity index (χ1n) is 10.5. The number of likely N-dealkylation sites (tertiary alicyclic amines) is 1. The molecule has 1 unspecified atom stereocenters. The van der Waals surface area contributed by atoms with E-state index in [1.807, 2.05) is 12.1 Å². The quantitative estimate of drug-likeness (QED) is 0.826. The van der Waals surface area contributed by atoms with Crippen molar-refractivity contribution >= 4 is 23.4 Å². The lowest BCUT2D eigenvalue weighted by Gasteiger charge is -2.33. The highest BCUT2D eigenvalue weighted by Gasteiger charge is 2.31. The molecule has 154 valence electrons. The Morgan fingerprint density at radius 3 is 2.69 bits per heavy atom. The summed E-state index contributed by atoms with van der Waals surface area (Å²) in [6.45, 7) is 1.12. The molecule has 1 aliphatic carbocycles. The highest BCUT2D eigenvalue weighted by molar-refractivity contribution is 6.30. The van der Waals surface area contributed by atoms with Crippen LogP contribution < -0.4 is 5.32 Å². The van der Waals surface area contributed by atoms with E-state index in [0.717, 1.165) is 31.4 Å². The van der Waals surface area contributed by atoms with Crippen LogP contribution in [0.2, 0.25) is 5.02 Å². The number of carbonyl (C=O) groups excluding carboxylic acids is 2. The Morgan fingerprint density at radius 2 is 1.90 bits per heavy atom. The van der Waals surface area contributed by atoms with E-state index in [2.05, 4.69) is 10.4 Å². The molecule has 1 saturated heterocycles. The molecule has 1 saturated carbocycles. The van der Waals surface area contributed by atoms with Crippen LogP contribution in [0.25, 0.3) is 5.69 Å². The van der Waals surface area contributed by atoms with Gasteiger partial charge in [-0.2, -0.15) is 5.10 Å². The zero-order valence-corrected chi connectivity index (χ0v) is 17.3. The van der Waals surface area contributed by atoms with Gasteiger partial charge in [0.1, 0.15) is 0 Å². The molecular formula is C22H27ClN4O2. The Balaban J connectivity index is 1.39. The van der Waals surface area contributed by atoms with E-state index in [1.54, 1.807) is 34.0 Å². The van der Waals surface area contributed by atoms with Gasteiger partial charge in [0.15, 0.2) is 5.69 Å². The molecule has 0 bridgehead atoms. The fourth-order valence-corrected chi connectivity index (χ4v) is 4.49. The first-order valence-corrected chi connectivity index (χ1v) is 10.9. The van der Waals surface area contributed by atoms with E-state index in [4.69, 9.17) is 11.6 Å². The lowest BCUT2D eigenvalue weighted by molar-refractivity contribution is -0.127. The van der Waals surface area contributed by atoms with Crippen molar-refractivity contribution in [2.75, 3.05) is 13.1 Å². The maximum absolute atomic E-state index is 13.0. The summed E-state index contributed by atoms with van der Waals surface area (Å²) < 4.78 is 1.65. The van der Waals surface area contributed by atoms with Crippen LogP contribution in [0.15, 0.2) is 36.5 Å². The first-order chi connectivity index (χ1) is 14.1. The van der Waals surface area contributed by atoms with Gasteiger partial charge in [0, 0.05) is 30.4 Å². The molecule has 2 aromatic rings. The molecule has 6 nitrogen and oxygen atoms in total. The number of amides is 2. The predicted octanol–water partition coefficient (Wildman–Crippen LogP) is 3.83. The molecule has 1 atom stereocenters. The van der Waals surface area contributed by atoms with E-state index >= 15 is 0 Å². The lowest BCUT2D eigenvalue weighted by Crippen LogP contribution is -2.48. The standard InChI is InChI=1S/C22H27ClN4O2/c23-17-7-4-10-19(14-17)27-13-11-20(25-27)22(29)26-12-5-6-16(15-26)21(28)24-18-8-2-1-3-9-18/h4,7,10-11,13-14,16,18H,1-3,5-6,8-9,12,15H2,(H,24,28). The third kappa shape index (κ3) is 4.81. The van der Waals surface area contributed by atoms with E-state index in [0.29, 0.717) is 29.8 Å². The number of benzene rings is 1. The van der Waals surface area contributed by atoms with Gasteiger partial charge in [0.2, 0.25) is 5.91 Å². The topological polar surface area (TPSA) is 67.2 Å². The van der Waals surface area contributed by atoms with Crippen LogP contribution in [0.3, 0.4) is 0 Å². The number of carbonyl (C=O) groups is 2. The molecule has 0 spiro atoms. The SMILES string of the molecule is O=C(NC1CCCCC1)C1CCCN(C(=O)c2ccn(-c3cccc(Cl)c3)n2)C1. The minimum absolute atomic E-state index is 0.0962. The number of rotatable bonds is 4. The Labute approximate surface area is 176 Å². The monoisotopic (exact) mass is 414 g/mol. The molecule has 2 fully saturated rings. The summed E-state index contributed by atoms with van der Waals surface area (Å²) in [5, 5.41) is 8.26. The largest absolute Gasteiger partial charge is 0.353 e. The summed E-state index contributed by atoms with van der Waals surface area (Å²) in [5.74, 6) is -0.163. The maximum Gasteiger partial charge on any atom is 0.274 e. The zero-order chi connectivity index (χ0) is 20.2. The molecular weight excluding hydrogens is 388 g/mol. The second-order valence-corrected chi connectivity index (χ2v) is 8.50. The van der Waals surface area contributed by atoms with Crippen LogP contribution in [-0.2, 0) is 4.79 Å². The van der Waals surface area contributed by atoms with Gasteiger partial charge in [-0.15, -0.1) is 0 Å². The van der Waals surface area contributed by atoms with Crippen molar-refractivity contribution in [2.24, 2.45) is 5.92 Å². The molecule has 4 rings (SSSR count). The average Bonchev–Trinajstić information content (AvgIpc) is 3.24. The van der Waals surface area contributed by atoms with Crippen molar-refractivity contribution in [3.63, 3.8) is 0 Å². The number of hydrogen-bond acceptors (Lipinski definition) is 3. The first kappa shape index (κ1) is 20.0. The summed E-state index contributed by atoms with van der Waals surface area (Å²) in [4.78, 5) is 27.4. The highest BCUT2D eigenvalue weighted by atomic mass is 35.5. The normalized spacial score (nSPS) is 20.4. The Bertz CT molecular complexity index is 875. The molecule has 29 heavy (non-hydrogen) atoms. The predicted molar refractivity (Wildman–Crippen MR) is 112 cm³/mol. The van der Waals surface area contributed by atoms with E-state index in [-0.39, 0.29) is 17.7 Å². The van der Waals surface area contributed by atoms with Crippen molar-refractivity contribution in [1.29, 1.82) is 0 Å². The summed E-state index contributed by atoms with van der Waals surface area (Å²) in [6.07, 6.45) is 9.22. The van der Waals surface area contributed by atoms with Crippen LogP contribution in [0, 0.1) is 5.92 Å². The van der Waals surface area contributed by atoms with E-state index < -0.39 is 0 Å².